The molecule has 0 amide bonds. The molecule has 0 saturated carbocycles. The summed E-state index contributed by atoms with van der Waals surface area (Å²) in [5, 5.41) is 0. The van der Waals surface area contributed by atoms with Crippen molar-refractivity contribution in [2.45, 2.75) is 59.3 Å². The zero-order valence-corrected chi connectivity index (χ0v) is 9.10. The molecule has 0 aromatic rings. The predicted molar refractivity (Wildman–Crippen MR) is 57.1 cm³/mol. The minimum atomic E-state index is 0.910. The zero-order valence-electron chi connectivity index (χ0n) is 9.10. The summed E-state index contributed by atoms with van der Waals surface area (Å²) in [4.78, 5) is 0. The SMILES string of the molecule is [CH2]CCCC(C)CC(C)CCC. The average molecular weight is 169 g/mol. The van der Waals surface area contributed by atoms with E-state index in [9.17, 15) is 0 Å². The smallest absolute Gasteiger partial charge is 0.0440 e. The summed E-state index contributed by atoms with van der Waals surface area (Å²) < 4.78 is 0. The van der Waals surface area contributed by atoms with Crippen LogP contribution in [0.5, 0.6) is 0 Å². The zero-order chi connectivity index (χ0) is 9.40. The van der Waals surface area contributed by atoms with Crippen molar-refractivity contribution in [1.29, 1.82) is 0 Å². The second kappa shape index (κ2) is 7.64. The minimum Gasteiger partial charge on any atom is -0.0654 e. The Labute approximate surface area is 78.8 Å². The summed E-state index contributed by atoms with van der Waals surface area (Å²) in [6.07, 6.45) is 7.93. The molecule has 73 valence electrons. The van der Waals surface area contributed by atoms with Gasteiger partial charge in [-0.1, -0.05) is 59.8 Å². The Bertz CT molecular complexity index is 86.0. The van der Waals surface area contributed by atoms with E-state index in [1.54, 1.807) is 0 Å². The summed E-state index contributed by atoms with van der Waals surface area (Å²) in [5.74, 6) is 1.84. The Morgan fingerprint density at radius 3 is 2.17 bits per heavy atom. The van der Waals surface area contributed by atoms with Gasteiger partial charge in [-0.15, -0.1) is 0 Å². The van der Waals surface area contributed by atoms with E-state index in [-0.39, 0.29) is 0 Å². The first-order chi connectivity index (χ1) is 5.70. The molecule has 0 fully saturated rings. The van der Waals surface area contributed by atoms with Gasteiger partial charge in [-0.2, -0.15) is 0 Å². The van der Waals surface area contributed by atoms with E-state index in [0.717, 1.165) is 18.3 Å². The van der Waals surface area contributed by atoms with Crippen molar-refractivity contribution in [3.05, 3.63) is 6.92 Å². The molecular weight excluding hydrogens is 144 g/mol. The van der Waals surface area contributed by atoms with E-state index in [1.807, 2.05) is 0 Å². The predicted octanol–water partition coefficient (Wildman–Crippen LogP) is 4.45. The van der Waals surface area contributed by atoms with E-state index in [2.05, 4.69) is 27.7 Å². The van der Waals surface area contributed by atoms with E-state index in [1.165, 1.54) is 32.1 Å². The molecule has 0 aliphatic carbocycles. The molecule has 0 heterocycles. The Hall–Kier alpha value is 0. The molecular formula is C12H25. The maximum absolute atomic E-state index is 3.87. The van der Waals surface area contributed by atoms with Gasteiger partial charge >= 0.3 is 0 Å². The lowest BCUT2D eigenvalue weighted by Crippen LogP contribution is -2.02. The molecule has 0 rings (SSSR count). The molecule has 0 aromatic carbocycles. The van der Waals surface area contributed by atoms with Gasteiger partial charge < -0.3 is 0 Å². The van der Waals surface area contributed by atoms with Gasteiger partial charge in [0.2, 0.25) is 0 Å². The van der Waals surface area contributed by atoms with Crippen LogP contribution in [0.2, 0.25) is 0 Å². The molecule has 2 atom stereocenters. The third-order valence-electron chi connectivity index (χ3n) is 2.53. The molecule has 0 aliphatic heterocycles. The highest BCUT2D eigenvalue weighted by molar-refractivity contribution is 4.60. The van der Waals surface area contributed by atoms with Crippen LogP contribution in [0.1, 0.15) is 59.3 Å². The van der Waals surface area contributed by atoms with Crippen molar-refractivity contribution in [1.82, 2.24) is 0 Å². The van der Waals surface area contributed by atoms with E-state index in [4.69, 9.17) is 0 Å². The maximum atomic E-state index is 3.87. The van der Waals surface area contributed by atoms with Gasteiger partial charge in [0.05, 0.1) is 0 Å². The Morgan fingerprint density at radius 1 is 1.08 bits per heavy atom. The van der Waals surface area contributed by atoms with Crippen molar-refractivity contribution in [2.75, 3.05) is 0 Å². The highest BCUT2D eigenvalue weighted by Gasteiger charge is 2.06. The summed E-state index contributed by atoms with van der Waals surface area (Å²) in [6.45, 7) is 10.9. The molecule has 12 heavy (non-hydrogen) atoms. The summed E-state index contributed by atoms with van der Waals surface area (Å²) in [7, 11) is 0. The van der Waals surface area contributed by atoms with Crippen molar-refractivity contribution in [3.63, 3.8) is 0 Å². The van der Waals surface area contributed by atoms with Crippen LogP contribution in [0.25, 0.3) is 0 Å². The molecule has 0 N–H and O–H groups in total. The second-order valence-electron chi connectivity index (χ2n) is 4.23. The Balaban J connectivity index is 3.33. The number of hydrogen-bond donors (Lipinski definition) is 0. The minimum absolute atomic E-state index is 0.910. The van der Waals surface area contributed by atoms with E-state index >= 15 is 0 Å². The highest BCUT2D eigenvalue weighted by Crippen LogP contribution is 2.20. The average Bonchev–Trinajstić information content (AvgIpc) is 2.01. The molecule has 0 saturated heterocycles. The van der Waals surface area contributed by atoms with Crippen LogP contribution < -0.4 is 0 Å². The van der Waals surface area contributed by atoms with Gasteiger partial charge in [-0.3, -0.25) is 0 Å². The number of unbranched alkanes of at least 4 members (excludes halogenated alkanes) is 1. The van der Waals surface area contributed by atoms with Crippen LogP contribution in [0.4, 0.5) is 0 Å². The monoisotopic (exact) mass is 169 g/mol. The molecule has 0 bridgehead atoms. The van der Waals surface area contributed by atoms with Crippen molar-refractivity contribution < 1.29 is 0 Å². The third kappa shape index (κ3) is 6.69. The first kappa shape index (κ1) is 12.0. The highest BCUT2D eigenvalue weighted by atomic mass is 14.1. The molecule has 2 unspecified atom stereocenters. The van der Waals surface area contributed by atoms with Gasteiger partial charge in [0.25, 0.3) is 0 Å². The third-order valence-corrected chi connectivity index (χ3v) is 2.53. The first-order valence-corrected chi connectivity index (χ1v) is 5.49. The fourth-order valence-electron chi connectivity index (χ4n) is 1.91. The Kier molecular flexibility index (Phi) is 7.64. The fraction of sp³-hybridized carbons (Fsp3) is 0.917. The van der Waals surface area contributed by atoms with Crippen LogP contribution in [0.15, 0.2) is 0 Å². The molecule has 0 spiro atoms. The van der Waals surface area contributed by atoms with Crippen LogP contribution in [0, 0.1) is 18.8 Å². The normalized spacial score (nSPS) is 16.0. The van der Waals surface area contributed by atoms with Gasteiger partial charge in [-0.25, -0.2) is 0 Å². The largest absolute Gasteiger partial charge is 0.0654 e. The van der Waals surface area contributed by atoms with E-state index in [0.29, 0.717) is 0 Å². The molecule has 0 aliphatic rings. The lowest BCUT2D eigenvalue weighted by atomic mass is 9.91. The summed E-state index contributed by atoms with van der Waals surface area (Å²) in [6, 6.07) is 0. The van der Waals surface area contributed by atoms with Crippen molar-refractivity contribution in [2.24, 2.45) is 11.8 Å². The molecule has 0 nitrogen and oxygen atoms in total. The number of hydrogen-bond acceptors (Lipinski definition) is 0. The van der Waals surface area contributed by atoms with Gasteiger partial charge in [0.15, 0.2) is 0 Å². The summed E-state index contributed by atoms with van der Waals surface area (Å²) >= 11 is 0. The maximum Gasteiger partial charge on any atom is -0.0440 e. The Morgan fingerprint density at radius 2 is 1.67 bits per heavy atom. The van der Waals surface area contributed by atoms with Gasteiger partial charge in [-0.05, 0) is 18.3 Å². The fourth-order valence-corrected chi connectivity index (χ4v) is 1.91. The second-order valence-corrected chi connectivity index (χ2v) is 4.23. The topological polar surface area (TPSA) is 0 Å². The first-order valence-electron chi connectivity index (χ1n) is 5.49. The lowest BCUT2D eigenvalue weighted by Gasteiger charge is -2.15. The van der Waals surface area contributed by atoms with Crippen LogP contribution in [-0.4, -0.2) is 0 Å². The molecule has 1 radical (unpaired) electrons. The van der Waals surface area contributed by atoms with E-state index < -0.39 is 0 Å². The van der Waals surface area contributed by atoms with Crippen molar-refractivity contribution >= 4 is 0 Å². The lowest BCUT2D eigenvalue weighted by molar-refractivity contribution is 0.370. The molecule has 0 aromatic heterocycles. The van der Waals surface area contributed by atoms with Crippen molar-refractivity contribution in [3.8, 4) is 0 Å². The molecule has 0 heteroatoms. The quantitative estimate of drug-likeness (QED) is 0.528. The van der Waals surface area contributed by atoms with Gasteiger partial charge in [0.1, 0.15) is 0 Å². The van der Waals surface area contributed by atoms with Crippen LogP contribution in [-0.2, 0) is 0 Å². The summed E-state index contributed by atoms with van der Waals surface area (Å²) in [5.41, 5.74) is 0. The van der Waals surface area contributed by atoms with Gasteiger partial charge in [0, 0.05) is 0 Å². The van der Waals surface area contributed by atoms with Crippen LogP contribution >= 0.6 is 0 Å². The van der Waals surface area contributed by atoms with Crippen LogP contribution in [0.3, 0.4) is 0 Å². The standard InChI is InChI=1S/C12H25/c1-5-7-9-12(4)10-11(3)8-6-2/h11-12H,1,5-10H2,2-4H3. The number of rotatable bonds is 7.